The maximum atomic E-state index is 14.0. The summed E-state index contributed by atoms with van der Waals surface area (Å²) >= 11 is 0. The van der Waals surface area contributed by atoms with Crippen molar-refractivity contribution in [2.45, 2.75) is 26.1 Å². The molecule has 1 aromatic heterocycles. The molecule has 48 heavy (non-hydrogen) atoms. The summed E-state index contributed by atoms with van der Waals surface area (Å²) in [5.74, 6) is 3.01. The molecule has 10 nitrogen and oxygen atoms in total. The first kappa shape index (κ1) is 32.9. The highest BCUT2D eigenvalue weighted by Gasteiger charge is 2.34. The summed E-state index contributed by atoms with van der Waals surface area (Å²) in [6.07, 6.45) is -0.263. The van der Waals surface area contributed by atoms with E-state index in [2.05, 4.69) is 44.7 Å². The van der Waals surface area contributed by atoms with E-state index in [4.69, 9.17) is 0 Å². The van der Waals surface area contributed by atoms with Crippen molar-refractivity contribution in [1.29, 1.82) is 0 Å². The van der Waals surface area contributed by atoms with Crippen molar-refractivity contribution in [3.8, 4) is 12.0 Å². The zero-order valence-corrected chi connectivity index (χ0v) is 26.8. The van der Waals surface area contributed by atoms with Crippen LogP contribution in [0.3, 0.4) is 0 Å². The van der Waals surface area contributed by atoms with E-state index < -0.39 is 17.8 Å². The lowest BCUT2D eigenvalue weighted by molar-refractivity contribution is -0.138. The minimum absolute atomic E-state index is 0.0418. The van der Waals surface area contributed by atoms with Crippen molar-refractivity contribution < 1.29 is 22.8 Å². The third-order valence-corrected chi connectivity index (χ3v) is 8.80. The molecule has 3 aliphatic rings. The molecule has 0 bridgehead atoms. The van der Waals surface area contributed by atoms with E-state index in [9.17, 15) is 22.8 Å². The first-order chi connectivity index (χ1) is 23.1. The fourth-order valence-electron chi connectivity index (χ4n) is 6.18. The molecule has 0 atom stereocenters. The van der Waals surface area contributed by atoms with Crippen LogP contribution in [0.25, 0.3) is 5.70 Å². The summed E-state index contributed by atoms with van der Waals surface area (Å²) in [5, 5.41) is 8.10. The molecule has 3 amide bonds. The second kappa shape index (κ2) is 14.0. The molecular weight excluding hydrogens is 621 g/mol. The van der Waals surface area contributed by atoms with E-state index in [0.29, 0.717) is 43.1 Å². The Hall–Kier alpha value is -5.06. The predicted octanol–water partition coefficient (Wildman–Crippen LogP) is 4.81. The van der Waals surface area contributed by atoms with Crippen molar-refractivity contribution in [2.24, 2.45) is 12.0 Å². The van der Waals surface area contributed by atoms with E-state index in [1.807, 2.05) is 28.7 Å². The zero-order chi connectivity index (χ0) is 33.8. The third-order valence-electron chi connectivity index (χ3n) is 8.80. The van der Waals surface area contributed by atoms with Gasteiger partial charge >= 0.3 is 12.2 Å². The lowest BCUT2D eigenvalue weighted by Crippen LogP contribution is -2.45. The summed E-state index contributed by atoms with van der Waals surface area (Å²) < 4.78 is 44.1. The van der Waals surface area contributed by atoms with Crippen LogP contribution in [-0.4, -0.2) is 83.4 Å². The van der Waals surface area contributed by atoms with E-state index in [-0.39, 0.29) is 23.7 Å². The molecule has 0 aliphatic carbocycles. The number of halogens is 3. The van der Waals surface area contributed by atoms with Gasteiger partial charge in [-0.1, -0.05) is 19.1 Å². The molecule has 3 aliphatic heterocycles. The fourth-order valence-corrected chi connectivity index (χ4v) is 6.18. The van der Waals surface area contributed by atoms with Gasteiger partial charge in [0.05, 0.1) is 22.5 Å². The van der Waals surface area contributed by atoms with E-state index >= 15 is 0 Å². The van der Waals surface area contributed by atoms with Crippen LogP contribution >= 0.6 is 0 Å². The van der Waals surface area contributed by atoms with Crippen molar-refractivity contribution in [3.05, 3.63) is 88.2 Å². The second-order valence-electron chi connectivity index (χ2n) is 11.9. The summed E-state index contributed by atoms with van der Waals surface area (Å²) in [4.78, 5) is 35.6. The number of piperazine rings is 1. The summed E-state index contributed by atoms with van der Waals surface area (Å²) in [6, 6.07) is 15.1. The van der Waals surface area contributed by atoms with Gasteiger partial charge < -0.3 is 25.4 Å². The number of hydrogen-bond acceptors (Lipinski definition) is 6. The number of anilines is 2. The normalized spacial score (nSPS) is 16.8. The quantitative estimate of drug-likeness (QED) is 0.331. The van der Waals surface area contributed by atoms with Gasteiger partial charge in [-0.25, -0.2) is 4.79 Å². The molecule has 2 aromatic carbocycles. The Morgan fingerprint density at radius 3 is 2.50 bits per heavy atom. The maximum absolute atomic E-state index is 14.0. The number of alkyl halides is 3. The molecule has 1 saturated heterocycles. The van der Waals surface area contributed by atoms with Gasteiger partial charge in [0.15, 0.2) is 0 Å². The molecule has 3 aromatic rings. The minimum Gasteiger partial charge on any atom is -0.352 e. The van der Waals surface area contributed by atoms with Crippen LogP contribution in [-0.2, 0) is 26.2 Å². The number of allylic oxidation sites excluding steroid dienone is 1. The molecule has 0 saturated carbocycles. The maximum Gasteiger partial charge on any atom is 0.416 e. The Morgan fingerprint density at radius 2 is 1.77 bits per heavy atom. The van der Waals surface area contributed by atoms with Gasteiger partial charge in [-0.15, -0.1) is 0 Å². The van der Waals surface area contributed by atoms with E-state index in [1.165, 1.54) is 12.1 Å². The van der Waals surface area contributed by atoms with Gasteiger partial charge in [0.2, 0.25) is 0 Å². The molecule has 0 spiro atoms. The Labute approximate surface area is 277 Å². The van der Waals surface area contributed by atoms with E-state index in [1.54, 1.807) is 35.4 Å². The lowest BCUT2D eigenvalue weighted by atomic mass is 10.0. The number of likely N-dealkylation sites (N-methyl/N-ethyl adjacent to an activating group) is 1. The van der Waals surface area contributed by atoms with Gasteiger partial charge in [-0.05, 0) is 60.5 Å². The number of urea groups is 1. The second-order valence-corrected chi connectivity index (χ2v) is 11.9. The van der Waals surface area contributed by atoms with Crippen molar-refractivity contribution in [2.75, 3.05) is 56.6 Å². The standard InChI is InChI=1S/C35H37F3N8O2/c1-3-44-15-17-45(18-16-44)22-25-7-8-27(20-29(25)35(36,37)38)42-34(48)41-26-6-4-5-24(19-26)11-14-46-23-39-12-9-31(46)32-21-28-30(43(32)2)10-13-40-33(28)47/h4-9,12,19-21H,3,10,13,15-18,22-23H2,1-2H3,(H,40,47)(H2,41,42,48). The molecule has 0 unspecified atom stereocenters. The predicted molar refractivity (Wildman–Crippen MR) is 179 cm³/mol. The fraction of sp³-hybridized carbons (Fsp3) is 0.343. The first-order valence-corrected chi connectivity index (χ1v) is 15.9. The monoisotopic (exact) mass is 658 g/mol. The van der Waals surface area contributed by atoms with Crippen LogP contribution in [0.2, 0.25) is 0 Å². The van der Waals surface area contributed by atoms with Gasteiger partial charge in [0.1, 0.15) is 6.67 Å². The van der Waals surface area contributed by atoms with Crippen LogP contribution in [0, 0.1) is 12.0 Å². The highest BCUT2D eigenvalue weighted by atomic mass is 19.4. The van der Waals surface area contributed by atoms with Gasteiger partial charge in [0, 0.05) is 87.6 Å². The first-order valence-electron chi connectivity index (χ1n) is 15.9. The Kier molecular flexibility index (Phi) is 9.56. The molecule has 13 heteroatoms. The average Bonchev–Trinajstić information content (AvgIpc) is 3.41. The van der Waals surface area contributed by atoms with Crippen molar-refractivity contribution in [3.63, 3.8) is 0 Å². The molecule has 3 N–H and O–H groups in total. The highest BCUT2D eigenvalue weighted by molar-refractivity contribution is 6.00. The van der Waals surface area contributed by atoms with Gasteiger partial charge in [-0.2, -0.15) is 13.2 Å². The SMILES string of the molecule is CCN1CCN(Cc2ccc(NC(=O)Nc3cccc(C#CN4CN=CC=C4c4cc5c(n4C)CCNC5=O)c3)cc2C(F)(F)F)CC1. The van der Waals surface area contributed by atoms with Crippen molar-refractivity contribution in [1.82, 2.24) is 24.6 Å². The smallest absolute Gasteiger partial charge is 0.352 e. The largest absolute Gasteiger partial charge is 0.416 e. The molecule has 6 rings (SSSR count). The van der Waals surface area contributed by atoms with Crippen LogP contribution < -0.4 is 16.0 Å². The summed E-state index contributed by atoms with van der Waals surface area (Å²) in [5.41, 5.74) is 3.76. The number of nitrogens with zero attached hydrogens (tertiary/aromatic N) is 5. The number of amides is 3. The summed E-state index contributed by atoms with van der Waals surface area (Å²) in [6.45, 7) is 7.14. The number of carbonyl (C=O) groups excluding carboxylic acids is 2. The number of aliphatic imine (C=N–C) groups is 1. The number of rotatable bonds is 6. The average molecular weight is 659 g/mol. The Bertz CT molecular complexity index is 1830. The van der Waals surface area contributed by atoms with Crippen LogP contribution in [0.5, 0.6) is 0 Å². The number of benzene rings is 2. The van der Waals surface area contributed by atoms with Crippen LogP contribution in [0.1, 0.15) is 45.4 Å². The molecular formula is C35H37F3N8O2. The third kappa shape index (κ3) is 7.40. The number of hydrogen-bond donors (Lipinski definition) is 3. The minimum atomic E-state index is -4.56. The Morgan fingerprint density at radius 1 is 1.02 bits per heavy atom. The molecule has 4 heterocycles. The topological polar surface area (TPSA) is 97.2 Å². The highest BCUT2D eigenvalue weighted by Crippen LogP contribution is 2.35. The number of nitrogens with one attached hydrogen (secondary N) is 3. The summed E-state index contributed by atoms with van der Waals surface area (Å²) in [7, 11) is 1.93. The van der Waals surface area contributed by atoms with Gasteiger partial charge in [-0.3, -0.25) is 19.6 Å². The molecule has 0 radical (unpaired) electrons. The molecule has 250 valence electrons. The zero-order valence-electron chi connectivity index (χ0n) is 26.8. The Balaban J connectivity index is 1.12. The number of carbonyl (C=O) groups is 2. The van der Waals surface area contributed by atoms with Gasteiger partial charge in [0.25, 0.3) is 5.91 Å². The van der Waals surface area contributed by atoms with E-state index in [0.717, 1.165) is 49.2 Å². The van der Waals surface area contributed by atoms with Crippen molar-refractivity contribution >= 4 is 35.2 Å². The molecule has 1 fully saturated rings. The van der Waals surface area contributed by atoms with Crippen LogP contribution in [0.4, 0.5) is 29.3 Å². The lowest BCUT2D eigenvalue weighted by Gasteiger charge is -2.34. The van der Waals surface area contributed by atoms with Crippen LogP contribution in [0.15, 0.2) is 59.6 Å². The number of fused-ring (bicyclic) bond motifs is 1. The number of aromatic nitrogens is 1.